The van der Waals surface area contributed by atoms with Crippen LogP contribution in [0.1, 0.15) is 246 Å². The van der Waals surface area contributed by atoms with Gasteiger partial charge in [0.05, 0.1) is 49.1 Å². The molecule has 0 unspecified atom stereocenters. The van der Waals surface area contributed by atoms with E-state index < -0.39 is 17.8 Å². The van der Waals surface area contributed by atoms with E-state index in [1.807, 2.05) is 70.5 Å². The number of rotatable bonds is 50. The van der Waals surface area contributed by atoms with Gasteiger partial charge in [-0.25, -0.2) is 13.9 Å². The molecule has 4 aromatic rings. The van der Waals surface area contributed by atoms with Gasteiger partial charge in [-0.2, -0.15) is 0 Å². The Hall–Kier alpha value is -8.72. The molecule has 1 saturated heterocycles. The van der Waals surface area contributed by atoms with Gasteiger partial charge >= 0.3 is 5.97 Å². The lowest BCUT2D eigenvalue weighted by Gasteiger charge is -2.30. The normalized spacial score (nSPS) is 11.7. The van der Waals surface area contributed by atoms with Gasteiger partial charge in [-0.3, -0.25) is 14.4 Å². The van der Waals surface area contributed by atoms with Gasteiger partial charge in [-0.05, 0) is 94.6 Å². The Bertz CT molecular complexity index is 4530. The highest BCUT2D eigenvalue weighted by molar-refractivity contribution is 6.07. The second kappa shape index (κ2) is 55.5. The van der Waals surface area contributed by atoms with Crippen LogP contribution in [-0.2, 0) is 24.0 Å². The molecule has 9 rings (SSSR count). The van der Waals surface area contributed by atoms with Crippen LogP contribution < -0.4 is 94.6 Å². The molecule has 0 bridgehead atoms. The van der Waals surface area contributed by atoms with Crippen molar-refractivity contribution in [3.63, 3.8) is 0 Å². The molecule has 5 aliphatic rings. The van der Waals surface area contributed by atoms with Crippen LogP contribution in [0.3, 0.4) is 0 Å². The van der Waals surface area contributed by atoms with E-state index in [-0.39, 0.29) is 50.0 Å². The molecule has 4 aromatic carbocycles. The number of methoxy groups -OCH3 is 2. The summed E-state index contributed by atoms with van der Waals surface area (Å²) in [7, 11) is 27.9. The smallest absolute Gasteiger partial charge is 0.333 e. The summed E-state index contributed by atoms with van der Waals surface area (Å²) in [6, 6.07) is 34.0. The summed E-state index contributed by atoms with van der Waals surface area (Å²) in [5.74, 6) is 1.69. The van der Waals surface area contributed by atoms with Crippen LogP contribution in [0.4, 0.5) is 34.1 Å². The molecule has 0 radical (unpaired) electrons. The number of nitrogens with one attached hydrogen (secondary N) is 1. The number of halogens is 2. The Morgan fingerprint density at radius 3 is 1.12 bits per heavy atom. The van der Waals surface area contributed by atoms with Crippen molar-refractivity contribution in [3.05, 3.63) is 108 Å². The van der Waals surface area contributed by atoms with Crippen molar-refractivity contribution in [2.45, 2.75) is 246 Å². The average molecular weight is 1720 g/mol. The third kappa shape index (κ3) is 31.5. The molecular formula is C100H153Cl2N11O9. The summed E-state index contributed by atoms with van der Waals surface area (Å²) in [4.78, 5) is 67.0. The molecule has 3 aliphatic heterocycles. The number of amides is 3. The van der Waals surface area contributed by atoms with E-state index in [1.54, 1.807) is 14.2 Å². The maximum atomic E-state index is 12.8. The minimum atomic E-state index is -0.603. The van der Waals surface area contributed by atoms with Crippen LogP contribution in [-0.4, -0.2) is 167 Å². The number of fused-ring (bicyclic) bond motifs is 4. The second-order valence-electron chi connectivity index (χ2n) is 33.9. The molecule has 3 amide bonds. The lowest BCUT2D eigenvalue weighted by molar-refractivity contribution is -0.197. The fourth-order valence-electron chi connectivity index (χ4n) is 16.0. The van der Waals surface area contributed by atoms with Crippen molar-refractivity contribution in [1.82, 2.24) is 19.5 Å². The SMILES string of the molecule is CCCCCCCCCCCCCCCCN.CCCCCCCCCCCCCCCCNC(=O)CCCN(CC)c1cc(OC)c(-c2c3ccc(=[N+](C)C)cc-3oc3cc(N(C)C)ccc23)cc1N(C)C.CCN(CCCC(=O)ON1C(=O)CCC1=O)c1cc(OC)c(-c2c3ccc(=[N+](C)C)cc-3oc3cc(N(C)C)ccc23)cc1N(C)C.[Cl-].[Cl-]. The lowest BCUT2D eigenvalue weighted by atomic mass is 9.92. The quantitative estimate of drug-likeness (QED) is 0.0158. The van der Waals surface area contributed by atoms with Gasteiger partial charge in [-0.1, -0.05) is 181 Å². The van der Waals surface area contributed by atoms with Crippen molar-refractivity contribution in [2.24, 2.45) is 5.73 Å². The van der Waals surface area contributed by atoms with Crippen molar-refractivity contribution in [2.75, 3.05) is 167 Å². The number of benzene rings is 6. The molecular weight excluding hydrogens is 1570 g/mol. The molecule has 676 valence electrons. The minimum absolute atomic E-state index is 0. The molecule has 3 N–H and O–H groups in total. The van der Waals surface area contributed by atoms with Gasteiger partial charge < -0.3 is 88.4 Å². The largest absolute Gasteiger partial charge is 1.00 e. The number of nitrogens with two attached hydrogens (primary N) is 1. The first-order chi connectivity index (χ1) is 57.9. The molecule has 0 aromatic heterocycles. The summed E-state index contributed by atoms with van der Waals surface area (Å²) < 4.78 is 29.6. The number of carbonyl (C=O) groups excluding carboxylic acids is 4. The summed E-state index contributed by atoms with van der Waals surface area (Å²) >= 11 is 0. The maximum absolute atomic E-state index is 12.8. The summed E-state index contributed by atoms with van der Waals surface area (Å²) in [6.07, 6.45) is 40.6. The monoisotopic (exact) mass is 1720 g/mol. The van der Waals surface area contributed by atoms with E-state index >= 15 is 0 Å². The molecule has 0 atom stereocenters. The first kappa shape index (κ1) is 104. The van der Waals surface area contributed by atoms with Gasteiger partial charge in [0.25, 0.3) is 11.8 Å². The zero-order chi connectivity index (χ0) is 87.0. The highest BCUT2D eigenvalue weighted by atomic mass is 35.5. The number of hydrogen-bond donors (Lipinski definition) is 2. The third-order valence-corrected chi connectivity index (χ3v) is 23.2. The summed E-state index contributed by atoms with van der Waals surface area (Å²) in [5.41, 5.74) is 19.4. The van der Waals surface area contributed by atoms with E-state index in [0.717, 1.165) is 156 Å². The Morgan fingerprint density at radius 2 is 0.787 bits per heavy atom. The van der Waals surface area contributed by atoms with Gasteiger partial charge in [0.2, 0.25) is 16.6 Å². The van der Waals surface area contributed by atoms with Gasteiger partial charge in [0.1, 0.15) is 62.4 Å². The predicted molar refractivity (Wildman–Crippen MR) is 505 cm³/mol. The number of imide groups is 1. The fraction of sp³-hybridized carbons (Fsp3) is 0.580. The molecule has 122 heavy (non-hydrogen) atoms. The van der Waals surface area contributed by atoms with Crippen LogP contribution in [0.2, 0.25) is 0 Å². The zero-order valence-corrected chi connectivity index (χ0v) is 79.6. The van der Waals surface area contributed by atoms with Gasteiger partial charge in [0, 0.05) is 207 Å². The maximum Gasteiger partial charge on any atom is 0.333 e. The number of nitrogens with zero attached hydrogens (tertiary/aromatic N) is 9. The van der Waals surface area contributed by atoms with Crippen LogP contribution in [0, 0.1) is 0 Å². The lowest BCUT2D eigenvalue weighted by Crippen LogP contribution is -3.00. The van der Waals surface area contributed by atoms with E-state index in [0.29, 0.717) is 36.7 Å². The van der Waals surface area contributed by atoms with E-state index in [4.69, 9.17) is 28.9 Å². The first-order valence-corrected chi connectivity index (χ1v) is 45.6. The van der Waals surface area contributed by atoms with Crippen molar-refractivity contribution >= 4 is 79.8 Å². The number of ether oxygens (including phenoxy) is 2. The Kier molecular flexibility index (Phi) is 47.2. The average Bonchev–Trinajstić information content (AvgIpc) is 1.65. The Labute approximate surface area is 745 Å². The van der Waals surface area contributed by atoms with E-state index in [2.05, 4.69) is 183 Å². The van der Waals surface area contributed by atoms with Crippen LogP contribution >= 0.6 is 0 Å². The van der Waals surface area contributed by atoms with Gasteiger partial charge in [0.15, 0.2) is 0 Å². The third-order valence-electron chi connectivity index (χ3n) is 23.2. The fourth-order valence-corrected chi connectivity index (χ4v) is 16.0. The molecule has 0 saturated carbocycles. The highest BCUT2D eigenvalue weighted by Crippen LogP contribution is 2.50. The van der Waals surface area contributed by atoms with Crippen LogP contribution in [0.5, 0.6) is 11.5 Å². The van der Waals surface area contributed by atoms with Crippen molar-refractivity contribution in [3.8, 4) is 56.4 Å². The molecule has 1 fully saturated rings. The number of hydrogen-bond acceptors (Lipinski definition) is 16. The van der Waals surface area contributed by atoms with E-state index in [1.165, 1.54) is 173 Å². The van der Waals surface area contributed by atoms with E-state index in [9.17, 15) is 19.2 Å². The molecule has 3 heterocycles. The van der Waals surface area contributed by atoms with Crippen molar-refractivity contribution in [1.29, 1.82) is 0 Å². The second-order valence-corrected chi connectivity index (χ2v) is 33.9. The van der Waals surface area contributed by atoms with Crippen LogP contribution in [0.25, 0.3) is 66.8 Å². The summed E-state index contributed by atoms with van der Waals surface area (Å²) in [6.45, 7) is 13.3. The zero-order valence-electron chi connectivity index (χ0n) is 78.1. The number of anilines is 6. The molecule has 22 heteroatoms. The number of hydroxylamine groups is 2. The molecule has 20 nitrogen and oxygen atoms in total. The minimum Gasteiger partial charge on any atom is -1.00 e. The van der Waals surface area contributed by atoms with Crippen molar-refractivity contribution < 1.29 is 67.1 Å². The highest BCUT2D eigenvalue weighted by Gasteiger charge is 2.33. The topological polar surface area (TPSA) is 189 Å². The number of unbranched alkanes of at least 4 members (excludes halogenated alkanes) is 26. The molecule has 0 spiro atoms. The summed E-state index contributed by atoms with van der Waals surface area (Å²) in [5, 5.41) is 7.89. The predicted octanol–water partition coefficient (Wildman–Crippen LogP) is 14.6. The van der Waals surface area contributed by atoms with Crippen LogP contribution in [0.15, 0.2) is 106 Å². The number of carbonyl (C=O) groups is 4. The Balaban J connectivity index is 0.000000363. The standard InChI is InChI=1S/C48H73N5O3.C36H44N5O6.C16H35N.2ClH/c1-10-12-13-14-15-16-17-18-19-20-21-22-23-24-31-49-47(54)26-25-32-53(11-2)43-36-44(55-9)41(35-42(43)52(7)8)48-39-29-27-37(50(3)4)33-45(39)56-46-34-38(51(5)6)28-30-40(46)48;1-9-40(18-10-11-35(44)47-41-33(42)16-17-34(41)43)29-22-30(45-8)27(21-28(29)39(6)7)36-25-14-12-23(37(2)3)19-31(25)46-32-20-24(38(4)5)13-15-26(32)36;1-2-3-4-5-6-7-8-9-10-11-12-13-14-15-16-17;;/h27-30,33-36H,10-26,31-32H2,1-9H3;12-15,19-22H,9-11,16-18H2,1-8H3;2-17H2,1H3;2*1H/q;+1;;;/p-1. The van der Waals surface area contributed by atoms with Gasteiger partial charge in [-0.15, -0.1) is 5.06 Å². The Morgan fingerprint density at radius 1 is 0.426 bits per heavy atom. The molecule has 2 aliphatic carbocycles. The first-order valence-electron chi connectivity index (χ1n) is 45.6.